The fourth-order valence-electron chi connectivity index (χ4n) is 2.89. The normalized spacial score (nSPS) is 24.6. The van der Waals surface area contributed by atoms with Gasteiger partial charge in [-0.1, -0.05) is 24.3 Å². The second-order valence-electron chi connectivity index (χ2n) is 5.23. The molecule has 0 aromatic heterocycles. The summed E-state index contributed by atoms with van der Waals surface area (Å²) >= 11 is 0. The topological polar surface area (TPSA) is 61.2 Å². The van der Waals surface area contributed by atoms with Crippen LogP contribution in [0.4, 0.5) is 0 Å². The number of nitrogens with zero attached hydrogens (tertiary/aromatic N) is 2. The highest BCUT2D eigenvalue weighted by Crippen LogP contribution is 2.35. The monoisotopic (exact) mass is 266 g/mol. The number of likely N-dealkylation sites (tertiary alicyclic amines) is 1. The lowest BCUT2D eigenvalue weighted by Gasteiger charge is -2.14. The molecule has 0 saturated carbocycles. The van der Waals surface area contributed by atoms with Crippen LogP contribution in [0.2, 0.25) is 0 Å². The molecule has 0 spiro atoms. The molecule has 4 nitrogen and oxygen atoms in total. The number of hydrogen-bond donors (Lipinski definition) is 0. The molecule has 20 heavy (non-hydrogen) atoms. The average molecular weight is 266 g/mol. The number of hydrogen-bond acceptors (Lipinski definition) is 3. The SMILES string of the molecule is N#Cc1ccc(CN2C(=O)[C@H]3CC=CC[C@H]3C2=O)cc1. The number of allylic oxidation sites excluding steroid dienone is 2. The highest BCUT2D eigenvalue weighted by atomic mass is 16.2. The average Bonchev–Trinajstić information content (AvgIpc) is 2.74. The zero-order chi connectivity index (χ0) is 14.1. The molecule has 2 aliphatic rings. The Bertz CT molecular complexity index is 599. The van der Waals surface area contributed by atoms with Crippen LogP contribution in [0, 0.1) is 23.2 Å². The van der Waals surface area contributed by atoms with E-state index in [0.717, 1.165) is 5.56 Å². The molecular weight excluding hydrogens is 252 g/mol. The summed E-state index contributed by atoms with van der Waals surface area (Å²) in [5.74, 6) is -0.473. The highest BCUT2D eigenvalue weighted by molar-refractivity contribution is 6.05. The first-order valence-corrected chi connectivity index (χ1v) is 6.70. The minimum absolute atomic E-state index is 0.0614. The number of carbonyl (C=O) groups is 2. The molecule has 3 rings (SSSR count). The Morgan fingerprint density at radius 1 is 1.05 bits per heavy atom. The van der Waals surface area contributed by atoms with Crippen molar-refractivity contribution in [2.75, 3.05) is 0 Å². The van der Waals surface area contributed by atoms with Crippen molar-refractivity contribution in [3.8, 4) is 6.07 Å². The van der Waals surface area contributed by atoms with Gasteiger partial charge in [-0.2, -0.15) is 5.26 Å². The minimum atomic E-state index is -0.175. The summed E-state index contributed by atoms with van der Waals surface area (Å²) in [5, 5.41) is 8.76. The van der Waals surface area contributed by atoms with Crippen molar-refractivity contribution >= 4 is 11.8 Å². The molecule has 100 valence electrons. The van der Waals surface area contributed by atoms with Crippen LogP contribution in [0.15, 0.2) is 36.4 Å². The molecule has 2 amide bonds. The van der Waals surface area contributed by atoms with E-state index in [-0.39, 0.29) is 23.7 Å². The number of rotatable bonds is 2. The lowest BCUT2D eigenvalue weighted by atomic mass is 9.85. The van der Waals surface area contributed by atoms with E-state index < -0.39 is 0 Å². The predicted octanol–water partition coefficient (Wildman–Crippen LogP) is 2.01. The molecular formula is C16H14N2O2. The third-order valence-electron chi connectivity index (χ3n) is 4.02. The maximum atomic E-state index is 12.3. The molecule has 1 aromatic carbocycles. The summed E-state index contributed by atoms with van der Waals surface area (Å²) in [7, 11) is 0. The number of fused-ring (bicyclic) bond motifs is 1. The van der Waals surface area contributed by atoms with Gasteiger partial charge in [0.1, 0.15) is 0 Å². The molecule has 1 fully saturated rings. The number of imide groups is 1. The molecule has 1 aliphatic heterocycles. The van der Waals surface area contributed by atoms with Gasteiger partial charge in [0.2, 0.25) is 11.8 Å². The predicted molar refractivity (Wildman–Crippen MR) is 72.1 cm³/mol. The highest BCUT2D eigenvalue weighted by Gasteiger charge is 2.46. The molecule has 0 bridgehead atoms. The van der Waals surface area contributed by atoms with Crippen LogP contribution in [-0.4, -0.2) is 16.7 Å². The number of nitriles is 1. The van der Waals surface area contributed by atoms with Gasteiger partial charge < -0.3 is 0 Å². The van der Waals surface area contributed by atoms with E-state index >= 15 is 0 Å². The summed E-state index contributed by atoms with van der Waals surface area (Å²) in [6, 6.07) is 9.04. The number of benzene rings is 1. The summed E-state index contributed by atoms with van der Waals surface area (Å²) in [6.45, 7) is 0.302. The standard InChI is InChI=1S/C16H14N2O2/c17-9-11-5-7-12(8-6-11)10-18-15(19)13-3-1-2-4-14(13)16(18)20/h1-2,5-8,13-14H,3-4,10H2/t13-,14+. The summed E-state index contributed by atoms with van der Waals surface area (Å²) in [4.78, 5) is 26.0. The maximum absolute atomic E-state index is 12.3. The lowest BCUT2D eigenvalue weighted by molar-refractivity contribution is -0.140. The summed E-state index contributed by atoms with van der Waals surface area (Å²) < 4.78 is 0. The van der Waals surface area contributed by atoms with Crippen molar-refractivity contribution in [1.29, 1.82) is 5.26 Å². The van der Waals surface area contributed by atoms with Gasteiger partial charge in [0, 0.05) is 0 Å². The van der Waals surface area contributed by atoms with E-state index in [4.69, 9.17) is 5.26 Å². The van der Waals surface area contributed by atoms with Crippen molar-refractivity contribution in [2.45, 2.75) is 19.4 Å². The van der Waals surface area contributed by atoms with Crippen LogP contribution >= 0.6 is 0 Å². The Labute approximate surface area is 117 Å². The smallest absolute Gasteiger partial charge is 0.233 e. The Balaban J connectivity index is 1.79. The van der Waals surface area contributed by atoms with E-state index in [9.17, 15) is 9.59 Å². The van der Waals surface area contributed by atoms with Crippen LogP contribution in [0.25, 0.3) is 0 Å². The van der Waals surface area contributed by atoms with Crippen LogP contribution in [0.1, 0.15) is 24.0 Å². The first-order valence-electron chi connectivity index (χ1n) is 6.70. The van der Waals surface area contributed by atoms with Gasteiger partial charge in [0.05, 0.1) is 30.0 Å². The number of carbonyl (C=O) groups excluding carboxylic acids is 2. The van der Waals surface area contributed by atoms with E-state index in [1.54, 1.807) is 24.3 Å². The van der Waals surface area contributed by atoms with Crippen LogP contribution in [0.5, 0.6) is 0 Å². The van der Waals surface area contributed by atoms with Crippen LogP contribution in [-0.2, 0) is 16.1 Å². The van der Waals surface area contributed by atoms with E-state index in [0.29, 0.717) is 24.9 Å². The fourth-order valence-corrected chi connectivity index (χ4v) is 2.89. The van der Waals surface area contributed by atoms with Gasteiger partial charge in [-0.3, -0.25) is 14.5 Å². The van der Waals surface area contributed by atoms with Gasteiger partial charge in [-0.05, 0) is 30.5 Å². The molecule has 1 saturated heterocycles. The molecule has 1 aromatic rings. The van der Waals surface area contributed by atoms with Crippen molar-refractivity contribution in [1.82, 2.24) is 4.90 Å². The lowest BCUT2D eigenvalue weighted by Crippen LogP contribution is -2.30. The quantitative estimate of drug-likeness (QED) is 0.607. The van der Waals surface area contributed by atoms with Crippen LogP contribution < -0.4 is 0 Å². The second kappa shape index (κ2) is 4.93. The Kier molecular flexibility index (Phi) is 3.11. The van der Waals surface area contributed by atoms with Crippen molar-refractivity contribution in [3.05, 3.63) is 47.5 Å². The molecule has 0 radical (unpaired) electrons. The Morgan fingerprint density at radius 2 is 1.60 bits per heavy atom. The fraction of sp³-hybridized carbons (Fsp3) is 0.312. The molecule has 0 N–H and O–H groups in total. The Morgan fingerprint density at radius 3 is 2.10 bits per heavy atom. The zero-order valence-electron chi connectivity index (χ0n) is 11.0. The summed E-state index contributed by atoms with van der Waals surface area (Å²) in [5.41, 5.74) is 1.45. The zero-order valence-corrected chi connectivity index (χ0v) is 11.0. The molecule has 4 heteroatoms. The maximum Gasteiger partial charge on any atom is 0.233 e. The van der Waals surface area contributed by atoms with Crippen molar-refractivity contribution < 1.29 is 9.59 Å². The van der Waals surface area contributed by atoms with Crippen molar-refractivity contribution in [3.63, 3.8) is 0 Å². The molecule has 0 unspecified atom stereocenters. The summed E-state index contributed by atoms with van der Waals surface area (Å²) in [6.07, 6.45) is 5.30. The van der Waals surface area contributed by atoms with E-state index in [2.05, 4.69) is 6.07 Å². The molecule has 1 aliphatic carbocycles. The van der Waals surface area contributed by atoms with Crippen LogP contribution in [0.3, 0.4) is 0 Å². The van der Waals surface area contributed by atoms with Gasteiger partial charge in [0.15, 0.2) is 0 Å². The van der Waals surface area contributed by atoms with Gasteiger partial charge in [-0.15, -0.1) is 0 Å². The van der Waals surface area contributed by atoms with E-state index in [1.807, 2.05) is 12.2 Å². The Hall–Kier alpha value is -2.41. The number of amides is 2. The van der Waals surface area contributed by atoms with E-state index in [1.165, 1.54) is 4.90 Å². The molecule has 2 atom stereocenters. The second-order valence-corrected chi connectivity index (χ2v) is 5.23. The largest absolute Gasteiger partial charge is 0.278 e. The third-order valence-corrected chi connectivity index (χ3v) is 4.02. The third kappa shape index (κ3) is 2.01. The van der Waals surface area contributed by atoms with Gasteiger partial charge in [-0.25, -0.2) is 0 Å². The van der Waals surface area contributed by atoms with Gasteiger partial charge >= 0.3 is 0 Å². The first kappa shape index (κ1) is 12.6. The first-order chi connectivity index (χ1) is 9.70. The molecule has 1 heterocycles. The minimum Gasteiger partial charge on any atom is -0.278 e. The van der Waals surface area contributed by atoms with Gasteiger partial charge in [0.25, 0.3) is 0 Å². The van der Waals surface area contributed by atoms with Crippen molar-refractivity contribution in [2.24, 2.45) is 11.8 Å².